The zero-order valence-corrected chi connectivity index (χ0v) is 10.5. The standard InChI is InChI=1S/C9H13N3O4S/c1-4-16-8(13)6-5(2)12-17-7(6)10-9(14)11-15-3/h4H2,1-3H3,(H2,10,11,14). The van der Waals surface area contributed by atoms with Crippen LogP contribution in [0.3, 0.4) is 0 Å². The van der Waals surface area contributed by atoms with E-state index in [0.29, 0.717) is 10.7 Å². The van der Waals surface area contributed by atoms with Crippen molar-refractivity contribution in [3.8, 4) is 0 Å². The lowest BCUT2D eigenvalue weighted by Crippen LogP contribution is -2.27. The molecule has 1 heterocycles. The monoisotopic (exact) mass is 259 g/mol. The summed E-state index contributed by atoms with van der Waals surface area (Å²) in [6.45, 7) is 3.64. The molecule has 0 unspecified atom stereocenters. The van der Waals surface area contributed by atoms with Crippen LogP contribution in [0, 0.1) is 6.92 Å². The quantitative estimate of drug-likeness (QED) is 0.628. The highest BCUT2D eigenvalue weighted by atomic mass is 32.1. The Labute approximate surface area is 102 Å². The molecule has 0 saturated heterocycles. The molecule has 0 aliphatic heterocycles. The van der Waals surface area contributed by atoms with Gasteiger partial charge in [-0.15, -0.1) is 0 Å². The van der Waals surface area contributed by atoms with Crippen LogP contribution in [0.25, 0.3) is 0 Å². The summed E-state index contributed by atoms with van der Waals surface area (Å²) in [7, 11) is 1.31. The van der Waals surface area contributed by atoms with E-state index in [0.717, 1.165) is 11.5 Å². The van der Waals surface area contributed by atoms with Crippen molar-refractivity contribution in [3.63, 3.8) is 0 Å². The third-order valence-corrected chi connectivity index (χ3v) is 2.62. The van der Waals surface area contributed by atoms with Crippen molar-refractivity contribution in [2.45, 2.75) is 13.8 Å². The van der Waals surface area contributed by atoms with E-state index in [9.17, 15) is 9.59 Å². The molecule has 8 heteroatoms. The zero-order valence-electron chi connectivity index (χ0n) is 9.70. The van der Waals surface area contributed by atoms with Crippen LogP contribution in [0.5, 0.6) is 0 Å². The highest BCUT2D eigenvalue weighted by molar-refractivity contribution is 7.11. The lowest BCUT2D eigenvalue weighted by Gasteiger charge is -2.05. The summed E-state index contributed by atoms with van der Waals surface area (Å²) in [5.74, 6) is -0.508. The number of carbonyl (C=O) groups is 2. The summed E-state index contributed by atoms with van der Waals surface area (Å²) < 4.78 is 8.86. The fourth-order valence-electron chi connectivity index (χ4n) is 1.12. The molecule has 0 aliphatic carbocycles. The highest BCUT2D eigenvalue weighted by Gasteiger charge is 2.20. The van der Waals surface area contributed by atoms with Gasteiger partial charge < -0.3 is 4.74 Å². The maximum atomic E-state index is 11.6. The Hall–Kier alpha value is -1.67. The second-order valence-corrected chi connectivity index (χ2v) is 3.73. The van der Waals surface area contributed by atoms with Gasteiger partial charge in [0.1, 0.15) is 10.6 Å². The van der Waals surface area contributed by atoms with E-state index in [1.165, 1.54) is 7.11 Å². The van der Waals surface area contributed by atoms with E-state index in [1.807, 2.05) is 0 Å². The van der Waals surface area contributed by atoms with Gasteiger partial charge in [-0.05, 0) is 25.4 Å². The van der Waals surface area contributed by atoms with Gasteiger partial charge in [-0.3, -0.25) is 10.2 Å². The van der Waals surface area contributed by atoms with Gasteiger partial charge in [0.15, 0.2) is 0 Å². The van der Waals surface area contributed by atoms with Crippen LogP contribution >= 0.6 is 11.5 Å². The van der Waals surface area contributed by atoms with Gasteiger partial charge in [0, 0.05) is 0 Å². The molecular weight excluding hydrogens is 246 g/mol. The molecule has 0 spiro atoms. The van der Waals surface area contributed by atoms with Gasteiger partial charge in [-0.25, -0.2) is 15.1 Å². The number of ether oxygens (including phenoxy) is 1. The summed E-state index contributed by atoms with van der Waals surface area (Å²) in [5, 5.41) is 2.78. The Morgan fingerprint density at radius 2 is 2.18 bits per heavy atom. The third kappa shape index (κ3) is 3.40. The number of nitrogens with one attached hydrogen (secondary N) is 2. The average Bonchev–Trinajstić information content (AvgIpc) is 2.60. The molecule has 7 nitrogen and oxygen atoms in total. The summed E-state index contributed by atoms with van der Waals surface area (Å²) >= 11 is 1.01. The fourth-order valence-corrected chi connectivity index (χ4v) is 1.90. The van der Waals surface area contributed by atoms with Gasteiger partial charge in [-0.2, -0.15) is 4.37 Å². The van der Waals surface area contributed by atoms with Crippen LogP contribution in [0.2, 0.25) is 0 Å². The van der Waals surface area contributed by atoms with E-state index < -0.39 is 12.0 Å². The van der Waals surface area contributed by atoms with Crippen molar-refractivity contribution in [3.05, 3.63) is 11.3 Å². The number of aryl methyl sites for hydroxylation is 1. The number of urea groups is 1. The minimum atomic E-state index is -0.582. The number of hydroxylamine groups is 1. The van der Waals surface area contributed by atoms with Gasteiger partial charge in [0.25, 0.3) is 0 Å². The molecule has 0 fully saturated rings. The third-order valence-electron chi connectivity index (χ3n) is 1.76. The molecule has 17 heavy (non-hydrogen) atoms. The number of amides is 2. The molecule has 0 radical (unpaired) electrons. The minimum absolute atomic E-state index is 0.262. The van der Waals surface area contributed by atoms with Crippen molar-refractivity contribution in [2.24, 2.45) is 0 Å². The first kappa shape index (κ1) is 13.4. The number of rotatable bonds is 4. The Kier molecular flexibility index (Phi) is 4.85. The first-order valence-corrected chi connectivity index (χ1v) is 5.60. The Morgan fingerprint density at radius 3 is 2.76 bits per heavy atom. The molecule has 0 saturated carbocycles. The predicted molar refractivity (Wildman–Crippen MR) is 62.0 cm³/mol. The lowest BCUT2D eigenvalue weighted by atomic mass is 10.2. The Bertz CT molecular complexity index is 418. The molecule has 0 bridgehead atoms. The number of esters is 1. The number of carbonyl (C=O) groups excluding carboxylic acids is 2. The van der Waals surface area contributed by atoms with Crippen molar-refractivity contribution in [1.82, 2.24) is 9.85 Å². The topological polar surface area (TPSA) is 89.5 Å². The van der Waals surface area contributed by atoms with E-state index in [1.54, 1.807) is 13.8 Å². The van der Waals surface area contributed by atoms with E-state index in [2.05, 4.69) is 20.0 Å². The van der Waals surface area contributed by atoms with Crippen LogP contribution in [0.15, 0.2) is 0 Å². The summed E-state index contributed by atoms with van der Waals surface area (Å²) in [6.07, 6.45) is 0. The molecule has 0 aromatic carbocycles. The molecule has 1 rings (SSSR count). The van der Waals surface area contributed by atoms with Crippen molar-refractivity contribution >= 4 is 28.5 Å². The van der Waals surface area contributed by atoms with Crippen molar-refractivity contribution in [2.75, 3.05) is 19.0 Å². The van der Waals surface area contributed by atoms with Crippen LogP contribution in [-0.2, 0) is 9.57 Å². The van der Waals surface area contributed by atoms with Crippen LogP contribution in [-0.4, -0.2) is 30.1 Å². The van der Waals surface area contributed by atoms with Gasteiger partial charge >= 0.3 is 12.0 Å². The molecule has 94 valence electrons. The molecular formula is C9H13N3O4S. The van der Waals surface area contributed by atoms with E-state index >= 15 is 0 Å². The van der Waals surface area contributed by atoms with Crippen molar-refractivity contribution < 1.29 is 19.2 Å². The van der Waals surface area contributed by atoms with Crippen LogP contribution < -0.4 is 10.8 Å². The zero-order chi connectivity index (χ0) is 12.8. The second-order valence-electron chi connectivity index (χ2n) is 2.95. The number of anilines is 1. The SMILES string of the molecule is CCOC(=O)c1c(C)nsc1NC(=O)NOC. The lowest BCUT2D eigenvalue weighted by molar-refractivity contribution is 0.0527. The largest absolute Gasteiger partial charge is 0.462 e. The maximum Gasteiger partial charge on any atom is 0.343 e. The van der Waals surface area contributed by atoms with Crippen LogP contribution in [0.4, 0.5) is 9.80 Å². The number of aromatic nitrogens is 1. The normalized spacial score (nSPS) is 9.82. The fraction of sp³-hybridized carbons (Fsp3) is 0.444. The molecule has 1 aromatic heterocycles. The molecule has 0 aliphatic rings. The number of nitrogens with zero attached hydrogens (tertiary/aromatic N) is 1. The van der Waals surface area contributed by atoms with Gasteiger partial charge in [0.05, 0.1) is 19.4 Å². The smallest absolute Gasteiger partial charge is 0.343 e. The minimum Gasteiger partial charge on any atom is -0.462 e. The van der Waals surface area contributed by atoms with E-state index in [-0.39, 0.29) is 12.2 Å². The van der Waals surface area contributed by atoms with Crippen LogP contribution in [0.1, 0.15) is 23.0 Å². The number of hydrogen-bond donors (Lipinski definition) is 2. The molecule has 2 N–H and O–H groups in total. The summed E-state index contributed by atoms with van der Waals surface area (Å²) in [6, 6.07) is -0.582. The van der Waals surface area contributed by atoms with Crippen molar-refractivity contribution in [1.29, 1.82) is 0 Å². The molecule has 1 aromatic rings. The maximum absolute atomic E-state index is 11.6. The average molecular weight is 259 g/mol. The Morgan fingerprint density at radius 1 is 1.47 bits per heavy atom. The van der Waals surface area contributed by atoms with Gasteiger partial charge in [-0.1, -0.05) is 0 Å². The highest BCUT2D eigenvalue weighted by Crippen LogP contribution is 2.25. The number of hydrogen-bond acceptors (Lipinski definition) is 6. The predicted octanol–water partition coefficient (Wildman–Crippen LogP) is 1.31. The summed E-state index contributed by atoms with van der Waals surface area (Å²) in [4.78, 5) is 27.3. The Balaban J connectivity index is 2.86. The summed E-state index contributed by atoms with van der Waals surface area (Å²) in [5.41, 5.74) is 2.86. The molecule has 0 atom stereocenters. The van der Waals surface area contributed by atoms with Gasteiger partial charge in [0.2, 0.25) is 0 Å². The van der Waals surface area contributed by atoms with E-state index in [4.69, 9.17) is 4.74 Å². The second kappa shape index (κ2) is 6.16. The molecule has 2 amide bonds. The first-order chi connectivity index (χ1) is 8.10. The first-order valence-electron chi connectivity index (χ1n) is 4.83.